The zero-order chi connectivity index (χ0) is 12.0. The van der Waals surface area contributed by atoms with E-state index in [0.29, 0.717) is 18.2 Å². The second-order valence-corrected chi connectivity index (χ2v) is 3.92. The maximum Gasteiger partial charge on any atom is 0.146 e. The van der Waals surface area contributed by atoms with E-state index >= 15 is 0 Å². The van der Waals surface area contributed by atoms with Crippen molar-refractivity contribution in [1.82, 2.24) is 9.97 Å². The van der Waals surface area contributed by atoms with Gasteiger partial charge >= 0.3 is 0 Å². The molecule has 0 aliphatic carbocycles. The molecular formula is C9H15BrN4O2. The van der Waals surface area contributed by atoms with E-state index in [9.17, 15) is 5.11 Å². The first-order valence-electron chi connectivity index (χ1n) is 4.78. The number of aromatic nitrogens is 2. The van der Waals surface area contributed by atoms with Gasteiger partial charge in [-0.3, -0.25) is 0 Å². The molecule has 1 atom stereocenters. The van der Waals surface area contributed by atoms with Gasteiger partial charge in [-0.2, -0.15) is 0 Å². The second-order valence-electron chi connectivity index (χ2n) is 3.12. The largest absolute Gasteiger partial charge is 0.389 e. The van der Waals surface area contributed by atoms with Crippen LogP contribution in [0.4, 0.5) is 11.6 Å². The molecule has 0 spiro atoms. The summed E-state index contributed by atoms with van der Waals surface area (Å²) in [6.07, 6.45) is 0.881. The van der Waals surface area contributed by atoms with Crippen LogP contribution in [0.1, 0.15) is 0 Å². The van der Waals surface area contributed by atoms with Crippen LogP contribution in [0.2, 0.25) is 0 Å². The Kier molecular flexibility index (Phi) is 5.44. The Bertz CT molecular complexity index is 337. The number of rotatable bonds is 6. The molecule has 16 heavy (non-hydrogen) atoms. The van der Waals surface area contributed by atoms with Gasteiger partial charge in [0.25, 0.3) is 0 Å². The van der Waals surface area contributed by atoms with Crippen LogP contribution in [0, 0.1) is 0 Å². The van der Waals surface area contributed by atoms with Crippen molar-refractivity contribution in [2.75, 3.05) is 37.9 Å². The highest BCUT2D eigenvalue weighted by Gasteiger charge is 2.09. The Labute approximate surface area is 103 Å². The number of aliphatic hydroxyl groups excluding tert-OH is 1. The average Bonchev–Trinajstić information content (AvgIpc) is 2.28. The molecule has 90 valence electrons. The van der Waals surface area contributed by atoms with Crippen LogP contribution in [0.3, 0.4) is 0 Å². The molecule has 6 nitrogen and oxygen atoms in total. The van der Waals surface area contributed by atoms with Crippen LogP contribution >= 0.6 is 15.9 Å². The maximum atomic E-state index is 9.47. The quantitative estimate of drug-likeness (QED) is 0.716. The fourth-order valence-electron chi connectivity index (χ4n) is 1.13. The molecule has 0 radical (unpaired) electrons. The van der Waals surface area contributed by atoms with E-state index in [4.69, 9.17) is 4.74 Å². The highest BCUT2D eigenvalue weighted by Crippen LogP contribution is 2.25. The Morgan fingerprint density at radius 2 is 2.19 bits per heavy atom. The predicted molar refractivity (Wildman–Crippen MR) is 65.7 cm³/mol. The summed E-state index contributed by atoms with van der Waals surface area (Å²) in [4.78, 5) is 8.08. The molecule has 1 unspecified atom stereocenters. The van der Waals surface area contributed by atoms with Gasteiger partial charge in [-0.15, -0.1) is 0 Å². The molecule has 0 aliphatic rings. The molecule has 0 aromatic carbocycles. The standard InChI is InChI=1S/C9H15BrN4O2/c1-11-8-7(10)9(14-5-13-8)12-3-6(15)4-16-2/h5-6,15H,3-4H2,1-2H3,(H2,11,12,13,14). The van der Waals surface area contributed by atoms with Crippen LogP contribution in [-0.2, 0) is 4.74 Å². The van der Waals surface area contributed by atoms with Crippen LogP contribution in [0.25, 0.3) is 0 Å². The number of hydrogen-bond donors (Lipinski definition) is 3. The lowest BCUT2D eigenvalue weighted by Crippen LogP contribution is -2.24. The first-order chi connectivity index (χ1) is 7.69. The van der Waals surface area contributed by atoms with Crippen molar-refractivity contribution in [3.8, 4) is 0 Å². The molecule has 7 heteroatoms. The molecular weight excluding hydrogens is 276 g/mol. The zero-order valence-corrected chi connectivity index (χ0v) is 10.8. The van der Waals surface area contributed by atoms with Crippen molar-refractivity contribution in [1.29, 1.82) is 0 Å². The van der Waals surface area contributed by atoms with Gasteiger partial charge in [0.05, 0.1) is 12.7 Å². The summed E-state index contributed by atoms with van der Waals surface area (Å²) >= 11 is 3.37. The smallest absolute Gasteiger partial charge is 0.146 e. The number of methoxy groups -OCH3 is 1. The van der Waals surface area contributed by atoms with Crippen molar-refractivity contribution in [2.45, 2.75) is 6.10 Å². The van der Waals surface area contributed by atoms with E-state index in [1.807, 2.05) is 0 Å². The van der Waals surface area contributed by atoms with Gasteiger partial charge in [0, 0.05) is 20.7 Å². The number of aliphatic hydroxyl groups is 1. The summed E-state index contributed by atoms with van der Waals surface area (Å²) in [5.41, 5.74) is 0. The molecule has 3 N–H and O–H groups in total. The van der Waals surface area contributed by atoms with E-state index in [0.717, 1.165) is 4.47 Å². The maximum absolute atomic E-state index is 9.47. The van der Waals surface area contributed by atoms with Crippen molar-refractivity contribution >= 4 is 27.6 Å². The number of anilines is 2. The van der Waals surface area contributed by atoms with Crippen LogP contribution in [-0.4, -0.2) is 48.5 Å². The van der Waals surface area contributed by atoms with E-state index in [2.05, 4.69) is 36.5 Å². The molecule has 1 aromatic heterocycles. The zero-order valence-electron chi connectivity index (χ0n) is 9.20. The van der Waals surface area contributed by atoms with Gasteiger partial charge in [-0.25, -0.2) is 9.97 Å². The topological polar surface area (TPSA) is 79.3 Å². The highest BCUT2D eigenvalue weighted by molar-refractivity contribution is 9.10. The average molecular weight is 291 g/mol. The summed E-state index contributed by atoms with van der Waals surface area (Å²) in [5.74, 6) is 1.33. The lowest BCUT2D eigenvalue weighted by Gasteiger charge is -2.13. The van der Waals surface area contributed by atoms with Crippen molar-refractivity contribution < 1.29 is 9.84 Å². The molecule has 0 saturated heterocycles. The number of halogens is 1. The predicted octanol–water partition coefficient (Wildman–Crippen LogP) is 0.700. The van der Waals surface area contributed by atoms with E-state index < -0.39 is 6.10 Å². The first kappa shape index (κ1) is 13.1. The van der Waals surface area contributed by atoms with Gasteiger partial charge in [-0.05, 0) is 15.9 Å². The summed E-state index contributed by atoms with van der Waals surface area (Å²) < 4.78 is 5.56. The molecule has 0 aliphatic heterocycles. The lowest BCUT2D eigenvalue weighted by atomic mass is 10.3. The first-order valence-corrected chi connectivity index (χ1v) is 5.57. The van der Waals surface area contributed by atoms with Crippen molar-refractivity contribution in [3.05, 3.63) is 10.8 Å². The van der Waals surface area contributed by atoms with Gasteiger partial charge in [0.2, 0.25) is 0 Å². The SMILES string of the molecule is CNc1ncnc(NCC(O)COC)c1Br. The van der Waals surface area contributed by atoms with Gasteiger partial charge in [-0.1, -0.05) is 0 Å². The number of nitrogens with one attached hydrogen (secondary N) is 2. The Morgan fingerprint density at radius 3 is 2.81 bits per heavy atom. The molecule has 0 bridgehead atoms. The Morgan fingerprint density at radius 1 is 1.50 bits per heavy atom. The minimum atomic E-state index is -0.565. The minimum absolute atomic E-state index is 0.286. The van der Waals surface area contributed by atoms with Gasteiger partial charge in [0.1, 0.15) is 22.4 Å². The number of ether oxygens (including phenoxy) is 1. The highest BCUT2D eigenvalue weighted by atomic mass is 79.9. The third-order valence-corrected chi connectivity index (χ3v) is 2.64. The molecule has 1 aromatic rings. The fourth-order valence-corrected chi connectivity index (χ4v) is 1.68. The fraction of sp³-hybridized carbons (Fsp3) is 0.556. The van der Waals surface area contributed by atoms with Crippen molar-refractivity contribution in [2.24, 2.45) is 0 Å². The van der Waals surface area contributed by atoms with Crippen LogP contribution in [0.15, 0.2) is 10.8 Å². The summed E-state index contributed by atoms with van der Waals surface area (Å²) in [5, 5.41) is 15.4. The van der Waals surface area contributed by atoms with Gasteiger partial charge < -0.3 is 20.5 Å². The normalized spacial score (nSPS) is 12.2. The third kappa shape index (κ3) is 3.58. The third-order valence-electron chi connectivity index (χ3n) is 1.89. The lowest BCUT2D eigenvalue weighted by molar-refractivity contribution is 0.0727. The molecule has 1 rings (SSSR count). The summed E-state index contributed by atoms with van der Waals surface area (Å²) in [6.45, 7) is 0.654. The van der Waals surface area contributed by atoms with E-state index in [-0.39, 0.29) is 6.61 Å². The monoisotopic (exact) mass is 290 g/mol. The molecule has 0 amide bonds. The minimum Gasteiger partial charge on any atom is -0.389 e. The summed E-state index contributed by atoms with van der Waals surface area (Å²) in [7, 11) is 3.32. The van der Waals surface area contributed by atoms with E-state index in [1.54, 1.807) is 14.2 Å². The molecule has 1 heterocycles. The number of nitrogens with zero attached hydrogens (tertiary/aromatic N) is 2. The van der Waals surface area contributed by atoms with Crippen LogP contribution < -0.4 is 10.6 Å². The summed E-state index contributed by atoms with van der Waals surface area (Å²) in [6, 6.07) is 0. The Hall–Kier alpha value is -0.920. The molecule has 0 fully saturated rings. The van der Waals surface area contributed by atoms with Crippen molar-refractivity contribution in [3.63, 3.8) is 0 Å². The number of hydrogen-bond acceptors (Lipinski definition) is 6. The second kappa shape index (κ2) is 6.62. The van der Waals surface area contributed by atoms with Gasteiger partial charge in [0.15, 0.2) is 0 Å². The molecule has 0 saturated carbocycles. The van der Waals surface area contributed by atoms with Crippen LogP contribution in [0.5, 0.6) is 0 Å². The van der Waals surface area contributed by atoms with E-state index in [1.165, 1.54) is 6.33 Å². The Balaban J connectivity index is 2.60.